The standard InChI is InChI=1S/C19H27FN4O2/c1-23-10-12-24(13-11-23)17(25)19(8-3-2-4-9-19)22-18(26)21-16-7-5-6-15(20)14-16/h5-7,14H,2-4,8-13H2,1H3,(H2,21,22,26)/p+1. The molecule has 3 N–H and O–H groups in total. The third-order valence-corrected chi connectivity index (χ3v) is 5.46. The van der Waals surface area contributed by atoms with Gasteiger partial charge >= 0.3 is 6.03 Å². The summed E-state index contributed by atoms with van der Waals surface area (Å²) in [5.41, 5.74) is -0.468. The number of carbonyl (C=O) groups excluding carboxylic acids is 2. The Labute approximate surface area is 153 Å². The average Bonchev–Trinajstić information content (AvgIpc) is 2.62. The molecule has 6 nitrogen and oxygen atoms in total. The summed E-state index contributed by atoms with van der Waals surface area (Å²) in [5, 5.41) is 5.59. The Morgan fingerprint density at radius 2 is 1.85 bits per heavy atom. The van der Waals surface area contributed by atoms with E-state index >= 15 is 0 Å². The molecular weight excluding hydrogens is 335 g/mol. The lowest BCUT2D eigenvalue weighted by molar-refractivity contribution is -0.883. The van der Waals surface area contributed by atoms with Crippen LogP contribution in [-0.4, -0.2) is 55.6 Å². The predicted molar refractivity (Wildman–Crippen MR) is 97.6 cm³/mol. The Morgan fingerprint density at radius 1 is 1.15 bits per heavy atom. The van der Waals surface area contributed by atoms with Crippen molar-refractivity contribution < 1.29 is 18.9 Å². The maximum atomic E-state index is 13.3. The number of urea groups is 1. The number of hydrogen-bond donors (Lipinski definition) is 3. The van der Waals surface area contributed by atoms with Gasteiger partial charge in [0.15, 0.2) is 0 Å². The highest BCUT2D eigenvalue weighted by Crippen LogP contribution is 2.30. The lowest BCUT2D eigenvalue weighted by Crippen LogP contribution is -3.12. The van der Waals surface area contributed by atoms with Gasteiger partial charge in [-0.2, -0.15) is 0 Å². The molecule has 0 atom stereocenters. The van der Waals surface area contributed by atoms with Crippen LogP contribution in [0.15, 0.2) is 24.3 Å². The number of piperazine rings is 1. The van der Waals surface area contributed by atoms with Gasteiger partial charge in [-0.1, -0.05) is 25.3 Å². The molecule has 0 bridgehead atoms. The monoisotopic (exact) mass is 363 g/mol. The van der Waals surface area contributed by atoms with Crippen molar-refractivity contribution in [3.8, 4) is 0 Å². The molecule has 0 radical (unpaired) electrons. The van der Waals surface area contributed by atoms with Crippen LogP contribution in [0.4, 0.5) is 14.9 Å². The molecular formula is C19H28FN4O2+. The fourth-order valence-corrected chi connectivity index (χ4v) is 3.89. The van der Waals surface area contributed by atoms with Crippen LogP contribution < -0.4 is 15.5 Å². The van der Waals surface area contributed by atoms with Crippen molar-refractivity contribution in [1.82, 2.24) is 10.2 Å². The Morgan fingerprint density at radius 3 is 2.50 bits per heavy atom. The van der Waals surface area contributed by atoms with Gasteiger partial charge in [-0.25, -0.2) is 9.18 Å². The summed E-state index contributed by atoms with van der Waals surface area (Å²) >= 11 is 0. The van der Waals surface area contributed by atoms with Crippen LogP contribution in [0, 0.1) is 5.82 Å². The number of amides is 3. The molecule has 2 fully saturated rings. The lowest BCUT2D eigenvalue weighted by Gasteiger charge is -2.41. The molecule has 1 aromatic carbocycles. The van der Waals surface area contributed by atoms with Crippen molar-refractivity contribution in [2.75, 3.05) is 38.5 Å². The average molecular weight is 363 g/mol. The van der Waals surface area contributed by atoms with Crippen LogP contribution >= 0.6 is 0 Å². The van der Waals surface area contributed by atoms with E-state index in [4.69, 9.17) is 0 Å². The van der Waals surface area contributed by atoms with Gasteiger partial charge in [-0.15, -0.1) is 0 Å². The molecule has 0 aromatic heterocycles. The van der Waals surface area contributed by atoms with E-state index in [1.54, 1.807) is 12.1 Å². The van der Waals surface area contributed by atoms with Crippen LogP contribution in [0.1, 0.15) is 32.1 Å². The first-order chi connectivity index (χ1) is 12.5. The molecule has 2 aliphatic rings. The summed E-state index contributed by atoms with van der Waals surface area (Å²) < 4.78 is 13.3. The SMILES string of the molecule is C[NH+]1CCN(C(=O)C2(NC(=O)Nc3cccc(F)c3)CCCCC2)CC1. The number of rotatable bonds is 3. The van der Waals surface area contributed by atoms with E-state index in [-0.39, 0.29) is 5.91 Å². The van der Waals surface area contributed by atoms with Gasteiger partial charge < -0.3 is 20.4 Å². The zero-order chi connectivity index (χ0) is 18.6. The number of hydrogen-bond acceptors (Lipinski definition) is 2. The molecule has 3 rings (SSSR count). The van der Waals surface area contributed by atoms with Crippen molar-refractivity contribution in [1.29, 1.82) is 0 Å². The molecule has 142 valence electrons. The minimum atomic E-state index is -0.846. The number of halogens is 1. The minimum absolute atomic E-state index is 0.0269. The lowest BCUT2D eigenvalue weighted by atomic mass is 9.80. The predicted octanol–water partition coefficient (Wildman–Crippen LogP) is 1.01. The third-order valence-electron chi connectivity index (χ3n) is 5.46. The zero-order valence-corrected chi connectivity index (χ0v) is 15.3. The molecule has 1 saturated carbocycles. The fraction of sp³-hybridized carbons (Fsp3) is 0.579. The number of benzene rings is 1. The van der Waals surface area contributed by atoms with E-state index in [2.05, 4.69) is 17.7 Å². The van der Waals surface area contributed by atoms with Crippen molar-refractivity contribution in [2.24, 2.45) is 0 Å². The Bertz CT molecular complexity index is 653. The molecule has 7 heteroatoms. The Kier molecular flexibility index (Phi) is 5.76. The van der Waals surface area contributed by atoms with Crippen molar-refractivity contribution >= 4 is 17.6 Å². The van der Waals surface area contributed by atoms with Gasteiger partial charge in [0.2, 0.25) is 5.91 Å². The molecule has 0 unspecified atom stereocenters. The smallest absolute Gasteiger partial charge is 0.320 e. The highest BCUT2D eigenvalue weighted by molar-refractivity contribution is 5.96. The first-order valence-electron chi connectivity index (χ1n) is 9.44. The quantitative estimate of drug-likeness (QED) is 0.750. The highest BCUT2D eigenvalue weighted by atomic mass is 19.1. The summed E-state index contributed by atoms with van der Waals surface area (Å²) in [4.78, 5) is 29.1. The van der Waals surface area contributed by atoms with Gasteiger partial charge in [0.1, 0.15) is 11.4 Å². The number of anilines is 1. The molecule has 1 aliphatic carbocycles. The van der Waals surface area contributed by atoms with E-state index in [1.807, 2.05) is 4.90 Å². The molecule has 1 saturated heterocycles. The van der Waals surface area contributed by atoms with Gasteiger partial charge in [0.25, 0.3) is 0 Å². The number of carbonyl (C=O) groups is 2. The number of nitrogens with one attached hydrogen (secondary N) is 3. The number of likely N-dealkylation sites (N-methyl/N-ethyl adjacent to an activating group) is 1. The van der Waals surface area contributed by atoms with Crippen LogP contribution in [0.3, 0.4) is 0 Å². The number of nitrogens with zero attached hydrogens (tertiary/aromatic N) is 1. The second-order valence-electron chi connectivity index (χ2n) is 7.48. The van der Waals surface area contributed by atoms with Gasteiger partial charge in [0.05, 0.1) is 33.2 Å². The molecule has 26 heavy (non-hydrogen) atoms. The molecule has 1 aromatic rings. The van der Waals surface area contributed by atoms with E-state index in [1.165, 1.54) is 17.0 Å². The molecule has 3 amide bonds. The van der Waals surface area contributed by atoms with Crippen LogP contribution in [0.25, 0.3) is 0 Å². The van der Waals surface area contributed by atoms with Crippen LogP contribution in [-0.2, 0) is 4.79 Å². The first-order valence-corrected chi connectivity index (χ1v) is 9.44. The maximum Gasteiger partial charge on any atom is 0.320 e. The maximum absolute atomic E-state index is 13.3. The van der Waals surface area contributed by atoms with Crippen molar-refractivity contribution in [2.45, 2.75) is 37.6 Å². The van der Waals surface area contributed by atoms with Gasteiger partial charge in [-0.3, -0.25) is 4.79 Å². The topological polar surface area (TPSA) is 65.9 Å². The molecule has 0 spiro atoms. The third kappa shape index (κ3) is 4.33. The summed E-state index contributed by atoms with van der Waals surface area (Å²) in [7, 11) is 2.13. The van der Waals surface area contributed by atoms with Crippen molar-refractivity contribution in [3.63, 3.8) is 0 Å². The largest absolute Gasteiger partial charge is 0.334 e. The second kappa shape index (κ2) is 8.03. The fourth-order valence-electron chi connectivity index (χ4n) is 3.89. The summed E-state index contributed by atoms with van der Waals surface area (Å²) in [5.74, 6) is -0.384. The first kappa shape index (κ1) is 18.6. The summed E-state index contributed by atoms with van der Waals surface area (Å²) in [6, 6.07) is 5.30. The molecule has 1 heterocycles. The van der Waals surface area contributed by atoms with Gasteiger partial charge in [-0.05, 0) is 31.0 Å². The summed E-state index contributed by atoms with van der Waals surface area (Å²) in [6.07, 6.45) is 4.23. The summed E-state index contributed by atoms with van der Waals surface area (Å²) in [6.45, 7) is 3.30. The van der Waals surface area contributed by atoms with Crippen LogP contribution in [0.2, 0.25) is 0 Å². The zero-order valence-electron chi connectivity index (χ0n) is 15.3. The van der Waals surface area contributed by atoms with Crippen molar-refractivity contribution in [3.05, 3.63) is 30.1 Å². The van der Waals surface area contributed by atoms with E-state index in [9.17, 15) is 14.0 Å². The number of quaternary nitrogens is 1. The normalized spacial score (nSPS) is 20.5. The van der Waals surface area contributed by atoms with E-state index < -0.39 is 17.4 Å². The molecule has 1 aliphatic heterocycles. The van der Waals surface area contributed by atoms with E-state index in [0.29, 0.717) is 18.5 Å². The van der Waals surface area contributed by atoms with E-state index in [0.717, 1.165) is 45.4 Å². The van der Waals surface area contributed by atoms with Crippen LogP contribution in [0.5, 0.6) is 0 Å². The minimum Gasteiger partial charge on any atom is -0.334 e. The second-order valence-corrected chi connectivity index (χ2v) is 7.48. The Balaban J connectivity index is 1.70. The highest BCUT2D eigenvalue weighted by Gasteiger charge is 2.44. The van der Waals surface area contributed by atoms with Gasteiger partial charge in [0, 0.05) is 5.69 Å². The Hall–Kier alpha value is -2.15.